The first-order chi connectivity index (χ1) is 7.65. The van der Waals surface area contributed by atoms with Crippen molar-refractivity contribution in [1.82, 2.24) is 14.8 Å². The fraction of sp³-hybridized carbons (Fsp3) is 0.200. The van der Waals surface area contributed by atoms with E-state index in [9.17, 15) is 0 Å². The summed E-state index contributed by atoms with van der Waals surface area (Å²) in [7, 11) is 1.89. The number of hydrogen-bond acceptors (Lipinski definition) is 4. The fourth-order valence-corrected chi connectivity index (χ4v) is 1.79. The Bertz CT molecular complexity index is 494. The van der Waals surface area contributed by atoms with Gasteiger partial charge >= 0.3 is 0 Å². The molecule has 2 aromatic rings. The lowest BCUT2D eigenvalue weighted by Crippen LogP contribution is -2.05. The van der Waals surface area contributed by atoms with Gasteiger partial charge in [-0.2, -0.15) is 5.10 Å². The Morgan fingerprint density at radius 2 is 2.38 bits per heavy atom. The Kier molecular flexibility index (Phi) is 3.28. The third-order valence-corrected chi connectivity index (χ3v) is 2.70. The summed E-state index contributed by atoms with van der Waals surface area (Å²) >= 11 is 2.20. The van der Waals surface area contributed by atoms with Gasteiger partial charge in [0.25, 0.3) is 0 Å². The lowest BCUT2D eigenvalue weighted by Gasteiger charge is -2.07. The molecule has 0 aromatic carbocycles. The van der Waals surface area contributed by atoms with E-state index in [2.05, 4.69) is 38.0 Å². The van der Waals surface area contributed by atoms with Crippen molar-refractivity contribution in [2.24, 2.45) is 7.05 Å². The number of pyridine rings is 1. The average molecular weight is 329 g/mol. The van der Waals surface area contributed by atoms with E-state index < -0.39 is 0 Å². The molecule has 84 valence electrons. The second-order valence-electron chi connectivity index (χ2n) is 3.42. The van der Waals surface area contributed by atoms with Crippen molar-refractivity contribution >= 4 is 34.1 Å². The number of aromatic nitrogens is 3. The maximum absolute atomic E-state index is 5.76. The van der Waals surface area contributed by atoms with Gasteiger partial charge in [-0.1, -0.05) is 0 Å². The summed E-state index contributed by atoms with van der Waals surface area (Å²) in [5.74, 6) is 0.511. The second-order valence-corrected chi connectivity index (χ2v) is 4.67. The topological polar surface area (TPSA) is 68.8 Å². The minimum absolute atomic E-state index is 0.511. The van der Waals surface area contributed by atoms with Gasteiger partial charge in [0.2, 0.25) is 0 Å². The number of anilines is 2. The number of nitrogen functional groups attached to an aromatic ring is 1. The summed E-state index contributed by atoms with van der Waals surface area (Å²) in [5.41, 5.74) is 7.57. The molecule has 0 saturated heterocycles. The van der Waals surface area contributed by atoms with E-state index >= 15 is 0 Å². The molecule has 0 aliphatic carbocycles. The van der Waals surface area contributed by atoms with Crippen molar-refractivity contribution in [3.8, 4) is 0 Å². The maximum Gasteiger partial charge on any atom is 0.146 e. The molecule has 2 heterocycles. The van der Waals surface area contributed by atoms with Crippen LogP contribution in [0.25, 0.3) is 0 Å². The summed E-state index contributed by atoms with van der Waals surface area (Å²) in [6.45, 7) is 0.646. The van der Waals surface area contributed by atoms with Gasteiger partial charge in [-0.15, -0.1) is 0 Å². The van der Waals surface area contributed by atoms with Crippen molar-refractivity contribution in [2.45, 2.75) is 6.54 Å². The van der Waals surface area contributed by atoms with Gasteiger partial charge in [-0.25, -0.2) is 4.98 Å². The molecule has 0 aliphatic heterocycles. The van der Waals surface area contributed by atoms with Gasteiger partial charge in [-0.3, -0.25) is 4.68 Å². The molecule has 0 amide bonds. The molecule has 0 unspecified atom stereocenters. The van der Waals surface area contributed by atoms with Crippen LogP contribution in [-0.2, 0) is 13.6 Å². The van der Waals surface area contributed by atoms with Crippen molar-refractivity contribution in [3.05, 3.63) is 33.8 Å². The van der Waals surface area contributed by atoms with Gasteiger partial charge in [0, 0.05) is 23.0 Å². The first-order valence-corrected chi connectivity index (χ1v) is 5.86. The summed E-state index contributed by atoms with van der Waals surface area (Å²) < 4.78 is 2.82. The van der Waals surface area contributed by atoms with Crippen LogP contribution in [0, 0.1) is 3.57 Å². The number of hydrogen-bond donors (Lipinski definition) is 2. The molecule has 0 aliphatic rings. The standard InChI is InChI=1S/C10H12IN5/c1-16-3-2-8(15-16)6-13-9-4-7(11)5-14-10(9)12/h2-5,13H,6H2,1H3,(H2,12,14). The van der Waals surface area contributed by atoms with E-state index in [4.69, 9.17) is 5.73 Å². The first-order valence-electron chi connectivity index (χ1n) is 4.78. The smallest absolute Gasteiger partial charge is 0.146 e. The highest BCUT2D eigenvalue weighted by Gasteiger charge is 2.02. The molecule has 0 spiro atoms. The van der Waals surface area contributed by atoms with Crippen molar-refractivity contribution < 1.29 is 0 Å². The predicted octanol–water partition coefficient (Wildman–Crippen LogP) is 1.61. The Labute approximate surface area is 107 Å². The molecule has 0 radical (unpaired) electrons. The summed E-state index contributed by atoms with van der Waals surface area (Å²) in [6.07, 6.45) is 3.65. The van der Waals surface area contributed by atoms with Crippen LogP contribution in [0.1, 0.15) is 5.69 Å². The van der Waals surface area contributed by atoms with Crippen LogP contribution in [0.5, 0.6) is 0 Å². The van der Waals surface area contributed by atoms with E-state index in [0.29, 0.717) is 12.4 Å². The van der Waals surface area contributed by atoms with E-state index in [1.807, 2.05) is 25.4 Å². The molecule has 2 aromatic heterocycles. The highest BCUT2D eigenvalue weighted by molar-refractivity contribution is 14.1. The Balaban J connectivity index is 2.07. The molecular formula is C10H12IN5. The van der Waals surface area contributed by atoms with Crippen LogP contribution in [0.15, 0.2) is 24.5 Å². The van der Waals surface area contributed by atoms with Crippen LogP contribution in [0.4, 0.5) is 11.5 Å². The minimum atomic E-state index is 0.511. The number of halogens is 1. The number of nitrogens with zero attached hydrogens (tertiary/aromatic N) is 3. The Morgan fingerprint density at radius 3 is 3.06 bits per heavy atom. The lowest BCUT2D eigenvalue weighted by molar-refractivity contribution is 0.747. The fourth-order valence-electron chi connectivity index (χ4n) is 1.33. The third-order valence-electron chi connectivity index (χ3n) is 2.11. The van der Waals surface area contributed by atoms with E-state index in [-0.39, 0.29) is 0 Å². The van der Waals surface area contributed by atoms with E-state index in [0.717, 1.165) is 15.0 Å². The average Bonchev–Trinajstić information content (AvgIpc) is 2.66. The van der Waals surface area contributed by atoms with Crippen LogP contribution >= 0.6 is 22.6 Å². The number of aryl methyl sites for hydroxylation is 1. The van der Waals surface area contributed by atoms with Crippen molar-refractivity contribution in [1.29, 1.82) is 0 Å². The van der Waals surface area contributed by atoms with Gasteiger partial charge in [0.1, 0.15) is 5.82 Å². The molecule has 0 saturated carbocycles. The zero-order chi connectivity index (χ0) is 11.5. The van der Waals surface area contributed by atoms with Gasteiger partial charge in [0.15, 0.2) is 0 Å². The lowest BCUT2D eigenvalue weighted by atomic mass is 10.3. The molecule has 0 fully saturated rings. The van der Waals surface area contributed by atoms with Crippen LogP contribution in [-0.4, -0.2) is 14.8 Å². The molecule has 16 heavy (non-hydrogen) atoms. The second kappa shape index (κ2) is 4.69. The monoisotopic (exact) mass is 329 g/mol. The summed E-state index contributed by atoms with van der Waals surface area (Å²) in [5, 5.41) is 7.48. The molecule has 5 nitrogen and oxygen atoms in total. The van der Waals surface area contributed by atoms with Crippen LogP contribution in [0.2, 0.25) is 0 Å². The third kappa shape index (κ3) is 2.63. The van der Waals surface area contributed by atoms with Gasteiger partial charge in [0.05, 0.1) is 17.9 Å². The van der Waals surface area contributed by atoms with Gasteiger partial charge in [-0.05, 0) is 34.7 Å². The Morgan fingerprint density at radius 1 is 1.56 bits per heavy atom. The van der Waals surface area contributed by atoms with E-state index in [1.54, 1.807) is 10.9 Å². The van der Waals surface area contributed by atoms with Crippen LogP contribution < -0.4 is 11.1 Å². The largest absolute Gasteiger partial charge is 0.382 e. The molecule has 0 bridgehead atoms. The number of nitrogens with one attached hydrogen (secondary N) is 1. The highest BCUT2D eigenvalue weighted by atomic mass is 127. The number of rotatable bonds is 3. The van der Waals surface area contributed by atoms with Crippen LogP contribution in [0.3, 0.4) is 0 Å². The van der Waals surface area contributed by atoms with Crippen molar-refractivity contribution in [2.75, 3.05) is 11.1 Å². The van der Waals surface area contributed by atoms with Crippen molar-refractivity contribution in [3.63, 3.8) is 0 Å². The Hall–Kier alpha value is -1.31. The molecule has 2 rings (SSSR count). The van der Waals surface area contributed by atoms with Gasteiger partial charge < -0.3 is 11.1 Å². The predicted molar refractivity (Wildman–Crippen MR) is 71.9 cm³/mol. The first kappa shape index (κ1) is 11.2. The zero-order valence-electron chi connectivity index (χ0n) is 8.81. The molecule has 6 heteroatoms. The minimum Gasteiger partial charge on any atom is -0.382 e. The number of nitrogens with two attached hydrogens (primary N) is 1. The summed E-state index contributed by atoms with van der Waals surface area (Å²) in [6, 6.07) is 3.93. The maximum atomic E-state index is 5.76. The highest BCUT2D eigenvalue weighted by Crippen LogP contribution is 2.18. The summed E-state index contributed by atoms with van der Waals surface area (Å²) in [4.78, 5) is 4.08. The van der Waals surface area contributed by atoms with E-state index in [1.165, 1.54) is 0 Å². The quantitative estimate of drug-likeness (QED) is 0.840. The SMILES string of the molecule is Cn1ccc(CNc2cc(I)cnc2N)n1. The molecule has 3 N–H and O–H groups in total. The molecular weight excluding hydrogens is 317 g/mol. The normalized spacial score (nSPS) is 10.4. The molecule has 0 atom stereocenters. The zero-order valence-corrected chi connectivity index (χ0v) is 11.0.